The number of furan rings is 1. The largest absolute Gasteiger partial charge is 0.460 e. The second-order valence-corrected chi connectivity index (χ2v) is 5.53. The van der Waals surface area contributed by atoms with Crippen LogP contribution in [0.2, 0.25) is 0 Å². The van der Waals surface area contributed by atoms with E-state index in [4.69, 9.17) is 4.42 Å². The van der Waals surface area contributed by atoms with Crippen LogP contribution in [0.15, 0.2) is 65.3 Å². The monoisotopic (exact) mass is 308 g/mol. The van der Waals surface area contributed by atoms with E-state index in [2.05, 4.69) is 10.3 Å². The number of rotatable bonds is 6. The molecule has 3 rings (SSSR count). The van der Waals surface area contributed by atoms with Crippen molar-refractivity contribution in [3.05, 3.63) is 77.8 Å². The lowest BCUT2D eigenvalue weighted by Crippen LogP contribution is -2.12. The summed E-state index contributed by atoms with van der Waals surface area (Å²) in [7, 11) is 0. The van der Waals surface area contributed by atoms with E-state index in [-0.39, 0.29) is 0 Å². The quantitative estimate of drug-likeness (QED) is 0.729. The average molecular weight is 308 g/mol. The Labute approximate surface area is 135 Å². The topological polar surface area (TPSA) is 58.3 Å². The van der Waals surface area contributed by atoms with Crippen LogP contribution < -0.4 is 5.32 Å². The summed E-state index contributed by atoms with van der Waals surface area (Å²) < 4.78 is 5.87. The lowest BCUT2D eigenvalue weighted by atomic mass is 10.1. The van der Waals surface area contributed by atoms with E-state index in [1.807, 2.05) is 54.7 Å². The highest BCUT2D eigenvalue weighted by Gasteiger charge is 2.06. The van der Waals surface area contributed by atoms with E-state index < -0.39 is 6.10 Å². The number of benzene rings is 1. The predicted molar refractivity (Wildman–Crippen MR) is 89.6 cm³/mol. The van der Waals surface area contributed by atoms with Gasteiger partial charge in [0.05, 0.1) is 12.6 Å². The lowest BCUT2D eigenvalue weighted by molar-refractivity contribution is 0.199. The molecule has 0 aliphatic carbocycles. The summed E-state index contributed by atoms with van der Waals surface area (Å²) in [6.45, 7) is 3.18. The Hall–Kier alpha value is -2.43. The molecular weight excluding hydrogens is 288 g/mol. The van der Waals surface area contributed by atoms with Crippen molar-refractivity contribution in [2.45, 2.75) is 26.1 Å². The number of aliphatic hydroxyl groups excluding tert-OH is 1. The van der Waals surface area contributed by atoms with Gasteiger partial charge in [-0.25, -0.2) is 0 Å². The fourth-order valence-electron chi connectivity index (χ4n) is 2.39. The van der Waals surface area contributed by atoms with Gasteiger partial charge >= 0.3 is 0 Å². The summed E-state index contributed by atoms with van der Waals surface area (Å²) in [6, 6.07) is 15.7. The minimum atomic E-state index is -0.451. The molecule has 23 heavy (non-hydrogen) atoms. The van der Waals surface area contributed by atoms with Gasteiger partial charge in [0.2, 0.25) is 0 Å². The minimum Gasteiger partial charge on any atom is -0.460 e. The summed E-state index contributed by atoms with van der Waals surface area (Å²) in [5.41, 5.74) is 3.06. The van der Waals surface area contributed by atoms with Gasteiger partial charge in [-0.1, -0.05) is 30.3 Å². The molecule has 0 amide bonds. The summed E-state index contributed by atoms with van der Waals surface area (Å²) >= 11 is 0. The van der Waals surface area contributed by atoms with E-state index >= 15 is 0 Å². The zero-order valence-electron chi connectivity index (χ0n) is 13.1. The minimum absolute atomic E-state index is 0.451. The first-order chi connectivity index (χ1) is 11.2. The molecule has 118 valence electrons. The highest BCUT2D eigenvalue weighted by molar-refractivity contribution is 5.58. The molecule has 4 nitrogen and oxygen atoms in total. The molecule has 0 saturated heterocycles. The highest BCUT2D eigenvalue weighted by atomic mass is 16.3. The third kappa shape index (κ3) is 4.06. The van der Waals surface area contributed by atoms with Gasteiger partial charge in [-0.2, -0.15) is 0 Å². The van der Waals surface area contributed by atoms with Crippen molar-refractivity contribution in [1.82, 2.24) is 10.3 Å². The summed E-state index contributed by atoms with van der Waals surface area (Å²) in [5, 5.41) is 12.9. The van der Waals surface area contributed by atoms with Gasteiger partial charge in [0.1, 0.15) is 11.5 Å². The molecule has 2 N–H and O–H groups in total. The van der Waals surface area contributed by atoms with Crippen molar-refractivity contribution in [2.75, 3.05) is 0 Å². The molecule has 0 spiro atoms. The molecule has 0 bridgehead atoms. The normalized spacial score (nSPS) is 12.3. The zero-order chi connectivity index (χ0) is 16.1. The summed E-state index contributed by atoms with van der Waals surface area (Å²) in [4.78, 5) is 4.09. The Morgan fingerprint density at radius 2 is 1.91 bits per heavy atom. The van der Waals surface area contributed by atoms with Gasteiger partial charge in [-0.3, -0.25) is 4.98 Å². The third-order valence-corrected chi connectivity index (χ3v) is 3.69. The zero-order valence-corrected chi connectivity index (χ0v) is 13.1. The third-order valence-electron chi connectivity index (χ3n) is 3.69. The maximum atomic E-state index is 9.54. The van der Waals surface area contributed by atoms with Gasteiger partial charge in [0.15, 0.2) is 0 Å². The van der Waals surface area contributed by atoms with Crippen LogP contribution in [0.4, 0.5) is 0 Å². The standard InChI is InChI=1S/C19H20N2O2/c1-14(22)16-4-6-17(7-5-16)19-9-8-18(23-19)13-21-12-15-3-2-10-20-11-15/h2-11,14,21-22H,12-13H2,1H3. The number of aromatic nitrogens is 1. The molecule has 0 aliphatic rings. The molecule has 3 aromatic rings. The number of aliphatic hydroxyl groups is 1. The van der Waals surface area contributed by atoms with Crippen molar-refractivity contribution in [2.24, 2.45) is 0 Å². The van der Waals surface area contributed by atoms with Crippen LogP contribution in [0.25, 0.3) is 11.3 Å². The van der Waals surface area contributed by atoms with Crippen molar-refractivity contribution in [3.8, 4) is 11.3 Å². The second-order valence-electron chi connectivity index (χ2n) is 5.53. The number of nitrogens with one attached hydrogen (secondary N) is 1. The van der Waals surface area contributed by atoms with Crippen LogP contribution in [0, 0.1) is 0 Å². The van der Waals surface area contributed by atoms with Crippen molar-refractivity contribution >= 4 is 0 Å². The molecule has 2 heterocycles. The van der Waals surface area contributed by atoms with Crippen LogP contribution in [0.5, 0.6) is 0 Å². The summed E-state index contributed by atoms with van der Waals surface area (Å²) in [6.07, 6.45) is 3.17. The fourth-order valence-corrected chi connectivity index (χ4v) is 2.39. The van der Waals surface area contributed by atoms with Crippen LogP contribution in [-0.2, 0) is 13.1 Å². The molecule has 0 aliphatic heterocycles. The lowest BCUT2D eigenvalue weighted by Gasteiger charge is -2.05. The van der Waals surface area contributed by atoms with Gasteiger partial charge in [-0.05, 0) is 36.2 Å². The van der Waals surface area contributed by atoms with Crippen molar-refractivity contribution in [3.63, 3.8) is 0 Å². The van der Waals surface area contributed by atoms with Crippen LogP contribution in [-0.4, -0.2) is 10.1 Å². The maximum Gasteiger partial charge on any atom is 0.134 e. The predicted octanol–water partition coefficient (Wildman–Crippen LogP) is 3.68. The van der Waals surface area contributed by atoms with Crippen LogP contribution in [0.3, 0.4) is 0 Å². The molecule has 0 fully saturated rings. The average Bonchev–Trinajstić information content (AvgIpc) is 3.05. The second kappa shape index (κ2) is 7.22. The summed E-state index contributed by atoms with van der Waals surface area (Å²) in [5.74, 6) is 1.73. The number of pyridine rings is 1. The first kappa shape index (κ1) is 15.5. The van der Waals surface area contributed by atoms with Crippen molar-refractivity contribution < 1.29 is 9.52 Å². The SMILES string of the molecule is CC(O)c1ccc(-c2ccc(CNCc3cccnc3)o2)cc1. The Kier molecular flexibility index (Phi) is 4.86. The van der Waals surface area contributed by atoms with Crippen LogP contribution >= 0.6 is 0 Å². The number of nitrogens with zero attached hydrogens (tertiary/aromatic N) is 1. The van der Waals surface area contributed by atoms with E-state index in [9.17, 15) is 5.11 Å². The molecule has 4 heteroatoms. The van der Waals surface area contributed by atoms with Gasteiger partial charge in [0, 0.05) is 24.5 Å². The first-order valence-corrected chi connectivity index (χ1v) is 7.69. The smallest absolute Gasteiger partial charge is 0.134 e. The Bertz CT molecular complexity index is 734. The van der Waals surface area contributed by atoms with Crippen molar-refractivity contribution in [1.29, 1.82) is 0 Å². The van der Waals surface area contributed by atoms with Gasteiger partial charge in [0.25, 0.3) is 0 Å². The molecule has 1 aromatic carbocycles. The molecule has 1 atom stereocenters. The molecule has 2 aromatic heterocycles. The van der Waals surface area contributed by atoms with E-state index in [0.29, 0.717) is 6.54 Å². The number of hydrogen-bond acceptors (Lipinski definition) is 4. The van der Waals surface area contributed by atoms with Gasteiger partial charge in [-0.15, -0.1) is 0 Å². The highest BCUT2D eigenvalue weighted by Crippen LogP contribution is 2.24. The number of hydrogen-bond donors (Lipinski definition) is 2. The molecule has 0 saturated carbocycles. The van der Waals surface area contributed by atoms with E-state index in [0.717, 1.165) is 34.8 Å². The Morgan fingerprint density at radius 3 is 2.61 bits per heavy atom. The first-order valence-electron chi connectivity index (χ1n) is 7.69. The fraction of sp³-hybridized carbons (Fsp3) is 0.211. The van der Waals surface area contributed by atoms with E-state index in [1.54, 1.807) is 13.1 Å². The van der Waals surface area contributed by atoms with E-state index in [1.165, 1.54) is 0 Å². The molecular formula is C19H20N2O2. The Balaban J connectivity index is 1.59. The molecule has 1 unspecified atom stereocenters. The maximum absolute atomic E-state index is 9.54. The molecule has 0 radical (unpaired) electrons. The van der Waals surface area contributed by atoms with Gasteiger partial charge < -0.3 is 14.8 Å². The van der Waals surface area contributed by atoms with Crippen LogP contribution in [0.1, 0.15) is 29.9 Å². The Morgan fingerprint density at radius 1 is 1.09 bits per heavy atom.